The van der Waals surface area contributed by atoms with Gasteiger partial charge in [-0.05, 0) is 29.8 Å². The van der Waals surface area contributed by atoms with Crippen LogP contribution in [0.5, 0.6) is 5.75 Å². The second-order valence-corrected chi connectivity index (χ2v) is 5.07. The predicted octanol–water partition coefficient (Wildman–Crippen LogP) is -0.356. The molecule has 0 saturated carbocycles. The Hall–Kier alpha value is -2.84. The van der Waals surface area contributed by atoms with Crippen molar-refractivity contribution in [3.63, 3.8) is 0 Å². The largest absolute Gasteiger partial charge is 0.425 e. The van der Waals surface area contributed by atoms with Gasteiger partial charge in [0.15, 0.2) is 11.3 Å². The number of hydrogen-bond acceptors (Lipinski definition) is 8. The lowest BCUT2D eigenvalue weighted by Crippen LogP contribution is -2.61. The SMILES string of the molecule is C=CCC(N)(C(=O)Oc1ccc(C=NN)cc1)C(=O)C(N)CC=O. The molecule has 0 amide bonds. The van der Waals surface area contributed by atoms with Gasteiger partial charge < -0.3 is 26.8 Å². The molecule has 0 fully saturated rings. The predicted molar refractivity (Wildman–Crippen MR) is 89.3 cm³/mol. The molecule has 0 aliphatic rings. The number of nitrogens with zero attached hydrogens (tertiary/aromatic N) is 1. The summed E-state index contributed by atoms with van der Waals surface area (Å²) in [5, 5.41) is 3.37. The number of hydrazone groups is 1. The summed E-state index contributed by atoms with van der Waals surface area (Å²) in [6.45, 7) is 3.48. The second kappa shape index (κ2) is 8.70. The maximum Gasteiger partial charge on any atom is 0.339 e. The summed E-state index contributed by atoms with van der Waals surface area (Å²) >= 11 is 0. The van der Waals surface area contributed by atoms with Crippen molar-refractivity contribution in [3.8, 4) is 5.75 Å². The summed E-state index contributed by atoms with van der Waals surface area (Å²) < 4.78 is 5.16. The van der Waals surface area contributed by atoms with Crippen molar-refractivity contribution in [2.45, 2.75) is 24.4 Å². The molecule has 0 aliphatic heterocycles. The molecule has 1 aromatic carbocycles. The minimum absolute atomic E-state index is 0.171. The lowest BCUT2D eigenvalue weighted by Gasteiger charge is -2.26. The fraction of sp³-hybridized carbons (Fsp3) is 0.250. The van der Waals surface area contributed by atoms with Crippen LogP contribution < -0.4 is 22.0 Å². The van der Waals surface area contributed by atoms with Crippen LogP contribution in [0.4, 0.5) is 0 Å². The van der Waals surface area contributed by atoms with Crippen molar-refractivity contribution in [3.05, 3.63) is 42.5 Å². The van der Waals surface area contributed by atoms with Gasteiger partial charge in [0.2, 0.25) is 0 Å². The molecule has 0 aromatic heterocycles. The van der Waals surface area contributed by atoms with Crippen LogP contribution in [-0.2, 0) is 14.4 Å². The Morgan fingerprint density at radius 3 is 2.46 bits per heavy atom. The molecule has 6 N–H and O–H groups in total. The Morgan fingerprint density at radius 2 is 1.96 bits per heavy atom. The van der Waals surface area contributed by atoms with Crippen LogP contribution in [0.2, 0.25) is 0 Å². The molecule has 2 atom stereocenters. The van der Waals surface area contributed by atoms with E-state index in [1.165, 1.54) is 24.4 Å². The number of Topliss-reactive ketones (excluding diaryl/α,β-unsaturated/α-hetero) is 1. The fourth-order valence-electron chi connectivity index (χ4n) is 1.96. The summed E-state index contributed by atoms with van der Waals surface area (Å²) in [7, 11) is 0. The van der Waals surface area contributed by atoms with Crippen molar-refractivity contribution in [2.24, 2.45) is 22.4 Å². The number of carbonyl (C=O) groups excluding carboxylic acids is 3. The molecular weight excluding hydrogens is 312 g/mol. The number of ether oxygens (including phenoxy) is 1. The molecule has 2 unspecified atom stereocenters. The van der Waals surface area contributed by atoms with Crippen LogP contribution in [0, 0.1) is 0 Å². The van der Waals surface area contributed by atoms with E-state index in [0.717, 1.165) is 0 Å². The van der Waals surface area contributed by atoms with E-state index in [4.69, 9.17) is 22.0 Å². The smallest absolute Gasteiger partial charge is 0.339 e. The number of aldehydes is 1. The van der Waals surface area contributed by atoms with Crippen molar-refractivity contribution in [1.29, 1.82) is 0 Å². The third-order valence-corrected chi connectivity index (χ3v) is 3.27. The number of nitrogens with two attached hydrogens (primary N) is 3. The first-order valence-corrected chi connectivity index (χ1v) is 7.08. The zero-order valence-corrected chi connectivity index (χ0v) is 13.1. The van der Waals surface area contributed by atoms with Gasteiger partial charge in [0.25, 0.3) is 0 Å². The van der Waals surface area contributed by atoms with Crippen LogP contribution in [0.3, 0.4) is 0 Å². The Kier molecular flexibility index (Phi) is 6.97. The Balaban J connectivity index is 2.98. The van der Waals surface area contributed by atoms with Crippen molar-refractivity contribution < 1.29 is 19.1 Å². The number of hydrogen-bond donors (Lipinski definition) is 3. The minimum atomic E-state index is -2.01. The van der Waals surface area contributed by atoms with Crippen molar-refractivity contribution >= 4 is 24.3 Å². The number of esters is 1. The number of rotatable bonds is 9. The molecule has 0 spiro atoms. The highest BCUT2D eigenvalue weighted by Gasteiger charge is 2.44. The molecule has 0 saturated heterocycles. The first-order chi connectivity index (χ1) is 11.4. The maximum absolute atomic E-state index is 12.4. The molecule has 8 nitrogen and oxygen atoms in total. The molecule has 128 valence electrons. The Morgan fingerprint density at radius 1 is 1.33 bits per heavy atom. The van der Waals surface area contributed by atoms with Crippen LogP contribution >= 0.6 is 0 Å². The highest BCUT2D eigenvalue weighted by atomic mass is 16.5. The van der Waals surface area contributed by atoms with Crippen LogP contribution in [0.15, 0.2) is 42.0 Å². The van der Waals surface area contributed by atoms with Crippen molar-refractivity contribution in [1.82, 2.24) is 0 Å². The van der Waals surface area contributed by atoms with E-state index >= 15 is 0 Å². The first kappa shape index (κ1) is 19.2. The highest BCUT2D eigenvalue weighted by Crippen LogP contribution is 2.18. The molecule has 0 bridgehead atoms. The molecule has 1 aromatic rings. The quantitative estimate of drug-likeness (QED) is 0.0816. The third kappa shape index (κ3) is 4.58. The standard InChI is InChI=1S/C16H20N4O4/c1-2-8-16(18,14(22)13(17)7-9-21)15(23)24-12-5-3-11(4-6-12)10-20-19/h2-6,9-10,13H,1,7-8,17-19H2. The van der Waals surface area contributed by atoms with E-state index in [2.05, 4.69) is 11.7 Å². The lowest BCUT2D eigenvalue weighted by atomic mass is 9.86. The van der Waals surface area contributed by atoms with E-state index in [0.29, 0.717) is 11.8 Å². The van der Waals surface area contributed by atoms with Gasteiger partial charge in [-0.2, -0.15) is 5.10 Å². The van der Waals surface area contributed by atoms with Crippen molar-refractivity contribution in [2.75, 3.05) is 0 Å². The fourth-order valence-corrected chi connectivity index (χ4v) is 1.96. The molecule has 8 heteroatoms. The number of benzene rings is 1. The molecule has 0 aliphatic carbocycles. The van der Waals surface area contributed by atoms with E-state index in [9.17, 15) is 14.4 Å². The Bertz CT molecular complexity index is 642. The summed E-state index contributed by atoms with van der Waals surface area (Å²) in [6.07, 6.45) is 2.80. The zero-order valence-electron chi connectivity index (χ0n) is 13.1. The number of ketones is 1. The van der Waals surface area contributed by atoms with E-state index in [1.54, 1.807) is 12.1 Å². The Labute approximate surface area is 139 Å². The van der Waals surface area contributed by atoms with Crippen LogP contribution in [-0.4, -0.2) is 35.8 Å². The first-order valence-electron chi connectivity index (χ1n) is 7.08. The highest BCUT2D eigenvalue weighted by molar-refractivity contribution is 6.11. The molecule has 0 radical (unpaired) electrons. The normalized spacial score (nSPS) is 14.6. The minimum Gasteiger partial charge on any atom is -0.425 e. The van der Waals surface area contributed by atoms with Gasteiger partial charge in [-0.15, -0.1) is 6.58 Å². The summed E-state index contributed by atoms with van der Waals surface area (Å²) in [6, 6.07) is 5.04. The lowest BCUT2D eigenvalue weighted by molar-refractivity contribution is -0.146. The van der Waals surface area contributed by atoms with Gasteiger partial charge in [0.05, 0.1) is 12.3 Å². The van der Waals surface area contributed by atoms with Crippen LogP contribution in [0.1, 0.15) is 18.4 Å². The topological polar surface area (TPSA) is 151 Å². The molecule has 0 heterocycles. The van der Waals surface area contributed by atoms with E-state index in [1.807, 2.05) is 0 Å². The van der Waals surface area contributed by atoms with Crippen LogP contribution in [0.25, 0.3) is 0 Å². The maximum atomic E-state index is 12.4. The monoisotopic (exact) mass is 332 g/mol. The molecule has 24 heavy (non-hydrogen) atoms. The molecule has 1 rings (SSSR count). The summed E-state index contributed by atoms with van der Waals surface area (Å²) in [5.74, 6) is 3.46. The summed E-state index contributed by atoms with van der Waals surface area (Å²) in [4.78, 5) is 35.2. The average Bonchev–Trinajstić information content (AvgIpc) is 2.56. The van der Waals surface area contributed by atoms with Gasteiger partial charge in [-0.3, -0.25) is 4.79 Å². The number of carbonyl (C=O) groups is 3. The molecular formula is C16H20N4O4. The van der Waals surface area contributed by atoms with Gasteiger partial charge in [0.1, 0.15) is 12.0 Å². The van der Waals surface area contributed by atoms with Gasteiger partial charge >= 0.3 is 5.97 Å². The van der Waals surface area contributed by atoms with Gasteiger partial charge in [-0.25, -0.2) is 4.79 Å². The van der Waals surface area contributed by atoms with E-state index in [-0.39, 0.29) is 18.6 Å². The summed E-state index contributed by atoms with van der Waals surface area (Å²) in [5.41, 5.74) is 10.2. The zero-order chi connectivity index (χ0) is 18.2. The average molecular weight is 332 g/mol. The van der Waals surface area contributed by atoms with E-state index < -0.39 is 23.3 Å². The second-order valence-electron chi connectivity index (χ2n) is 5.07. The van der Waals surface area contributed by atoms with Gasteiger partial charge in [0, 0.05) is 12.8 Å². The third-order valence-electron chi connectivity index (χ3n) is 3.27. The van der Waals surface area contributed by atoms with Gasteiger partial charge in [-0.1, -0.05) is 6.08 Å².